The number of carbonyl (C=O) groups is 1. The maximum absolute atomic E-state index is 12.3. The van der Waals surface area contributed by atoms with Crippen molar-refractivity contribution in [2.24, 2.45) is 7.05 Å². The highest BCUT2D eigenvalue weighted by Gasteiger charge is 2.25. The maximum Gasteiger partial charge on any atom is 0.270 e. The van der Waals surface area contributed by atoms with Crippen molar-refractivity contribution >= 4 is 17.5 Å². The summed E-state index contributed by atoms with van der Waals surface area (Å²) in [6.07, 6.45) is 3.94. The van der Waals surface area contributed by atoms with E-state index in [0.717, 1.165) is 25.9 Å². The highest BCUT2D eigenvalue weighted by atomic mass is 35.5. The lowest BCUT2D eigenvalue weighted by molar-refractivity contribution is 0.0688. The number of likely N-dealkylation sites (N-methyl/N-ethyl adjacent to an activating group) is 1. The number of aromatic nitrogens is 1. The van der Waals surface area contributed by atoms with Crippen LogP contribution in [0.25, 0.3) is 0 Å². The van der Waals surface area contributed by atoms with Gasteiger partial charge in [0, 0.05) is 32.4 Å². The molecule has 5 heteroatoms. The Morgan fingerprint density at radius 2 is 2.35 bits per heavy atom. The molecule has 1 fully saturated rings. The van der Waals surface area contributed by atoms with Crippen LogP contribution in [0.15, 0.2) is 12.3 Å². The van der Waals surface area contributed by atoms with Gasteiger partial charge in [-0.1, -0.05) is 11.6 Å². The molecule has 1 aliphatic heterocycles. The molecule has 4 nitrogen and oxygen atoms in total. The number of aryl methyl sites for hydroxylation is 1. The van der Waals surface area contributed by atoms with Gasteiger partial charge in [0.2, 0.25) is 0 Å². The topological polar surface area (TPSA) is 37.3 Å². The Hall–Kier alpha value is -1.00. The fourth-order valence-corrected chi connectivity index (χ4v) is 2.55. The number of amides is 1. The zero-order valence-corrected chi connectivity index (χ0v) is 11.0. The van der Waals surface area contributed by atoms with Gasteiger partial charge < -0.3 is 14.8 Å². The van der Waals surface area contributed by atoms with Crippen LogP contribution in [0.5, 0.6) is 0 Å². The predicted octanol–water partition coefficient (Wildman–Crippen LogP) is 1.50. The highest BCUT2D eigenvalue weighted by Crippen LogP contribution is 2.17. The van der Waals surface area contributed by atoms with E-state index in [1.165, 1.54) is 0 Å². The van der Waals surface area contributed by atoms with Crippen molar-refractivity contribution in [3.8, 4) is 0 Å². The summed E-state index contributed by atoms with van der Waals surface area (Å²) in [6.45, 7) is 1.61. The minimum absolute atomic E-state index is 0.0688. The predicted molar refractivity (Wildman–Crippen MR) is 68.4 cm³/mol. The second-order valence-electron chi connectivity index (χ2n) is 4.53. The van der Waals surface area contributed by atoms with E-state index in [4.69, 9.17) is 11.6 Å². The number of nitrogens with one attached hydrogen (secondary N) is 1. The van der Waals surface area contributed by atoms with Crippen molar-refractivity contribution in [1.29, 1.82) is 0 Å². The third kappa shape index (κ3) is 2.64. The van der Waals surface area contributed by atoms with Gasteiger partial charge in [0.1, 0.15) is 5.69 Å². The molecule has 1 atom stereocenters. The summed E-state index contributed by atoms with van der Waals surface area (Å²) in [4.78, 5) is 14.2. The van der Waals surface area contributed by atoms with Gasteiger partial charge in [-0.3, -0.25) is 4.79 Å². The third-order valence-electron chi connectivity index (χ3n) is 3.31. The summed E-state index contributed by atoms with van der Waals surface area (Å²) in [5.41, 5.74) is 0.659. The van der Waals surface area contributed by atoms with Crippen LogP contribution < -0.4 is 5.32 Å². The molecule has 1 aromatic heterocycles. The molecule has 0 radical (unpaired) electrons. The quantitative estimate of drug-likeness (QED) is 0.870. The van der Waals surface area contributed by atoms with E-state index < -0.39 is 0 Å². The number of halogens is 1. The highest BCUT2D eigenvalue weighted by molar-refractivity contribution is 6.31. The Labute approximate surface area is 107 Å². The third-order valence-corrected chi connectivity index (χ3v) is 3.51. The summed E-state index contributed by atoms with van der Waals surface area (Å²) < 4.78 is 1.79. The van der Waals surface area contributed by atoms with Gasteiger partial charge in [-0.2, -0.15) is 0 Å². The van der Waals surface area contributed by atoms with Gasteiger partial charge in [-0.05, 0) is 26.0 Å². The Morgan fingerprint density at radius 1 is 1.59 bits per heavy atom. The van der Waals surface area contributed by atoms with Gasteiger partial charge >= 0.3 is 0 Å². The second kappa shape index (κ2) is 5.10. The Morgan fingerprint density at radius 3 is 2.94 bits per heavy atom. The fraction of sp³-hybridized carbons (Fsp3) is 0.583. The fourth-order valence-electron chi connectivity index (χ4n) is 2.30. The largest absolute Gasteiger partial charge is 0.345 e. The molecule has 1 N–H and O–H groups in total. The minimum atomic E-state index is 0.0688. The van der Waals surface area contributed by atoms with Crippen LogP contribution >= 0.6 is 11.6 Å². The first kappa shape index (κ1) is 12.5. The molecule has 1 saturated heterocycles. The molecule has 2 heterocycles. The molecule has 1 aromatic rings. The van der Waals surface area contributed by atoms with Crippen molar-refractivity contribution in [1.82, 2.24) is 14.8 Å². The number of piperidine rings is 1. The van der Waals surface area contributed by atoms with E-state index in [1.54, 1.807) is 16.8 Å². The molecule has 2 rings (SSSR count). The van der Waals surface area contributed by atoms with E-state index >= 15 is 0 Å². The summed E-state index contributed by atoms with van der Waals surface area (Å²) in [6, 6.07) is 2.14. The van der Waals surface area contributed by atoms with Crippen molar-refractivity contribution < 1.29 is 4.79 Å². The number of likely N-dealkylation sites (tertiary alicyclic amines) is 1. The van der Waals surface area contributed by atoms with E-state index in [0.29, 0.717) is 16.8 Å². The summed E-state index contributed by atoms with van der Waals surface area (Å²) in [5.74, 6) is 0.0688. The molecule has 94 valence electrons. The van der Waals surface area contributed by atoms with Gasteiger partial charge in [0.25, 0.3) is 5.91 Å². The zero-order chi connectivity index (χ0) is 12.4. The minimum Gasteiger partial charge on any atom is -0.345 e. The van der Waals surface area contributed by atoms with Crippen LogP contribution in [0.2, 0.25) is 5.02 Å². The number of hydrogen-bond acceptors (Lipinski definition) is 2. The summed E-state index contributed by atoms with van der Waals surface area (Å²) in [7, 11) is 3.79. The average Bonchev–Trinajstić information content (AvgIpc) is 2.67. The van der Waals surface area contributed by atoms with Gasteiger partial charge in [0.15, 0.2) is 0 Å². The van der Waals surface area contributed by atoms with Gasteiger partial charge in [-0.25, -0.2) is 0 Å². The number of carbonyl (C=O) groups excluding carboxylic acids is 1. The van der Waals surface area contributed by atoms with E-state index in [1.807, 2.05) is 19.0 Å². The molecule has 0 aromatic carbocycles. The van der Waals surface area contributed by atoms with Crippen LogP contribution in [-0.2, 0) is 7.05 Å². The van der Waals surface area contributed by atoms with Crippen LogP contribution in [-0.4, -0.2) is 41.6 Å². The maximum atomic E-state index is 12.3. The molecule has 1 unspecified atom stereocenters. The van der Waals surface area contributed by atoms with Crippen molar-refractivity contribution in [3.63, 3.8) is 0 Å². The SMILES string of the molecule is CNC1CCCN(C(=O)c2cc(Cl)cn2C)C1. The molecule has 0 bridgehead atoms. The Bertz CT molecular complexity index is 416. The lowest BCUT2D eigenvalue weighted by atomic mass is 10.1. The molecule has 1 aliphatic rings. The Kier molecular flexibility index (Phi) is 3.74. The van der Waals surface area contributed by atoms with E-state index in [-0.39, 0.29) is 5.91 Å². The van der Waals surface area contributed by atoms with E-state index in [9.17, 15) is 4.79 Å². The molecular formula is C12H18ClN3O. The molecule has 0 saturated carbocycles. The van der Waals surface area contributed by atoms with Gasteiger partial charge in [-0.15, -0.1) is 0 Å². The number of hydrogen-bond donors (Lipinski definition) is 1. The van der Waals surface area contributed by atoms with Crippen LogP contribution in [0.3, 0.4) is 0 Å². The van der Waals surface area contributed by atoms with Crippen LogP contribution in [0.4, 0.5) is 0 Å². The summed E-state index contributed by atoms with van der Waals surface area (Å²) >= 11 is 5.90. The lowest BCUT2D eigenvalue weighted by Gasteiger charge is -2.32. The van der Waals surface area contributed by atoms with Crippen molar-refractivity contribution in [2.45, 2.75) is 18.9 Å². The normalized spacial score (nSPS) is 20.6. The lowest BCUT2D eigenvalue weighted by Crippen LogP contribution is -2.47. The second-order valence-corrected chi connectivity index (χ2v) is 4.97. The first-order valence-electron chi connectivity index (χ1n) is 5.90. The standard InChI is InChI=1S/C12H18ClN3O/c1-14-10-4-3-5-16(8-10)12(17)11-6-9(13)7-15(11)2/h6-7,10,14H,3-5,8H2,1-2H3. The molecule has 1 amide bonds. The van der Waals surface area contributed by atoms with Crippen LogP contribution in [0.1, 0.15) is 23.3 Å². The summed E-state index contributed by atoms with van der Waals surface area (Å²) in [5, 5.41) is 3.84. The van der Waals surface area contributed by atoms with E-state index in [2.05, 4.69) is 5.32 Å². The number of rotatable bonds is 2. The average molecular weight is 256 g/mol. The number of nitrogens with zero attached hydrogens (tertiary/aromatic N) is 2. The van der Waals surface area contributed by atoms with Gasteiger partial charge in [0.05, 0.1) is 5.02 Å². The molecule has 0 spiro atoms. The first-order valence-corrected chi connectivity index (χ1v) is 6.28. The van der Waals surface area contributed by atoms with Crippen molar-refractivity contribution in [2.75, 3.05) is 20.1 Å². The Balaban J connectivity index is 2.12. The van der Waals surface area contributed by atoms with Crippen LogP contribution in [0, 0.1) is 0 Å². The molecule has 0 aliphatic carbocycles. The monoisotopic (exact) mass is 255 g/mol. The first-order chi connectivity index (χ1) is 8.11. The molecular weight excluding hydrogens is 238 g/mol. The zero-order valence-electron chi connectivity index (χ0n) is 10.2. The smallest absolute Gasteiger partial charge is 0.270 e. The van der Waals surface area contributed by atoms with Crippen molar-refractivity contribution in [3.05, 3.63) is 23.0 Å². The molecule has 17 heavy (non-hydrogen) atoms.